The Bertz CT molecular complexity index is 695. The normalized spacial score (nSPS) is 16.2. The van der Waals surface area contributed by atoms with Gasteiger partial charge in [0.05, 0.1) is 17.3 Å². The maximum absolute atomic E-state index is 12.1. The first-order valence-electron chi connectivity index (χ1n) is 6.36. The van der Waals surface area contributed by atoms with Crippen LogP contribution in [0.25, 0.3) is 0 Å². The Balaban J connectivity index is 2.39. The number of nitrogens with one attached hydrogen (secondary N) is 1. The maximum atomic E-state index is 12.1. The highest BCUT2D eigenvalue weighted by atomic mass is 32.2. The van der Waals surface area contributed by atoms with Gasteiger partial charge in [0, 0.05) is 17.5 Å². The molecule has 0 atom stereocenters. The molecule has 8 heteroatoms. The standard InChI is InChI=1S/C13H15NO6S/c1-3-19-14-13(16)20-11-5-4-9-10(15)6-7-21(17,18)12(9)8(11)2/h4-5H,3,6-7H2,1-2H3,(H,14,16). The van der Waals surface area contributed by atoms with Crippen LogP contribution in [-0.4, -0.2) is 32.7 Å². The fourth-order valence-electron chi connectivity index (χ4n) is 2.12. The highest BCUT2D eigenvalue weighted by molar-refractivity contribution is 7.91. The zero-order valence-electron chi connectivity index (χ0n) is 11.6. The number of hydroxylamine groups is 1. The van der Waals surface area contributed by atoms with Gasteiger partial charge < -0.3 is 4.74 Å². The lowest BCUT2D eigenvalue weighted by molar-refractivity contribution is 0.0533. The molecule has 1 heterocycles. The number of benzene rings is 1. The molecule has 21 heavy (non-hydrogen) atoms. The summed E-state index contributed by atoms with van der Waals surface area (Å²) in [5.74, 6) is -0.383. The summed E-state index contributed by atoms with van der Waals surface area (Å²) in [7, 11) is -3.54. The van der Waals surface area contributed by atoms with Crippen LogP contribution in [0.1, 0.15) is 29.3 Å². The first-order chi connectivity index (χ1) is 9.86. The number of ether oxygens (including phenoxy) is 1. The van der Waals surface area contributed by atoms with Gasteiger partial charge >= 0.3 is 6.09 Å². The maximum Gasteiger partial charge on any atom is 0.436 e. The first kappa shape index (κ1) is 15.5. The summed E-state index contributed by atoms with van der Waals surface area (Å²) in [5, 5.41) is 0. The highest BCUT2D eigenvalue weighted by Crippen LogP contribution is 2.33. The van der Waals surface area contributed by atoms with Crippen molar-refractivity contribution in [2.75, 3.05) is 12.4 Å². The minimum atomic E-state index is -3.54. The second-order valence-corrected chi connectivity index (χ2v) is 6.53. The van der Waals surface area contributed by atoms with Gasteiger partial charge in [-0.3, -0.25) is 9.63 Å². The molecule has 0 radical (unpaired) electrons. The molecule has 1 aliphatic heterocycles. The molecule has 0 saturated heterocycles. The smallest absolute Gasteiger partial charge is 0.409 e. The molecule has 7 nitrogen and oxygen atoms in total. The van der Waals surface area contributed by atoms with Crippen molar-refractivity contribution in [3.8, 4) is 5.75 Å². The summed E-state index contributed by atoms with van der Waals surface area (Å²) in [4.78, 5) is 27.9. The van der Waals surface area contributed by atoms with Gasteiger partial charge in [-0.1, -0.05) is 0 Å². The van der Waals surface area contributed by atoms with E-state index in [0.717, 1.165) is 0 Å². The highest BCUT2D eigenvalue weighted by Gasteiger charge is 2.32. The van der Waals surface area contributed by atoms with Crippen LogP contribution in [-0.2, 0) is 14.7 Å². The molecule has 0 spiro atoms. The number of sulfone groups is 1. The molecular formula is C13H15NO6S. The summed E-state index contributed by atoms with van der Waals surface area (Å²) >= 11 is 0. The van der Waals surface area contributed by atoms with Crippen molar-refractivity contribution in [3.63, 3.8) is 0 Å². The van der Waals surface area contributed by atoms with Crippen molar-refractivity contribution in [2.45, 2.75) is 25.2 Å². The number of fused-ring (bicyclic) bond motifs is 1. The molecule has 0 fully saturated rings. The van der Waals surface area contributed by atoms with Crippen LogP contribution in [0.3, 0.4) is 0 Å². The lowest BCUT2D eigenvalue weighted by Gasteiger charge is -2.19. The zero-order valence-corrected chi connectivity index (χ0v) is 12.5. The van der Waals surface area contributed by atoms with Gasteiger partial charge in [0.25, 0.3) is 0 Å². The Morgan fingerprint density at radius 1 is 1.38 bits per heavy atom. The number of ketones is 1. The zero-order chi connectivity index (χ0) is 15.6. The molecule has 2 rings (SSSR count). The van der Waals surface area contributed by atoms with Crippen molar-refractivity contribution in [2.24, 2.45) is 0 Å². The van der Waals surface area contributed by atoms with Crippen LogP contribution in [0, 0.1) is 6.92 Å². The lowest BCUT2D eigenvalue weighted by Crippen LogP contribution is -2.28. The van der Waals surface area contributed by atoms with Gasteiger partial charge in [-0.15, -0.1) is 0 Å². The van der Waals surface area contributed by atoms with E-state index in [4.69, 9.17) is 4.74 Å². The molecule has 114 valence electrons. The lowest BCUT2D eigenvalue weighted by atomic mass is 10.0. The van der Waals surface area contributed by atoms with Crippen molar-refractivity contribution in [3.05, 3.63) is 23.3 Å². The molecule has 0 unspecified atom stereocenters. The number of carbonyl (C=O) groups is 2. The van der Waals surface area contributed by atoms with Gasteiger partial charge in [0.15, 0.2) is 15.6 Å². The van der Waals surface area contributed by atoms with Gasteiger partial charge in [-0.2, -0.15) is 5.48 Å². The van der Waals surface area contributed by atoms with Crippen LogP contribution in [0.15, 0.2) is 17.0 Å². The molecule has 0 bridgehead atoms. The van der Waals surface area contributed by atoms with Gasteiger partial charge in [-0.25, -0.2) is 13.2 Å². The predicted octanol–water partition coefficient (Wildman–Crippen LogP) is 1.40. The Hall–Kier alpha value is -1.93. The Labute approximate surface area is 122 Å². The number of rotatable bonds is 3. The van der Waals surface area contributed by atoms with Crippen molar-refractivity contribution in [1.29, 1.82) is 0 Å². The molecular weight excluding hydrogens is 298 g/mol. The second-order valence-electron chi connectivity index (χ2n) is 4.48. The average Bonchev–Trinajstić information content (AvgIpc) is 2.43. The number of hydrogen-bond donors (Lipinski definition) is 1. The Morgan fingerprint density at radius 3 is 2.76 bits per heavy atom. The van der Waals surface area contributed by atoms with E-state index in [1.54, 1.807) is 6.92 Å². The summed E-state index contributed by atoms with van der Waals surface area (Å²) in [6.45, 7) is 3.45. The van der Waals surface area contributed by atoms with E-state index >= 15 is 0 Å². The monoisotopic (exact) mass is 313 g/mol. The van der Waals surface area contributed by atoms with Crippen LogP contribution in [0.5, 0.6) is 5.75 Å². The number of Topliss-reactive ketones (excluding diaryl/α,β-unsaturated/α-hetero) is 1. The van der Waals surface area contributed by atoms with Crippen molar-refractivity contribution < 1.29 is 27.6 Å². The van der Waals surface area contributed by atoms with Crippen molar-refractivity contribution >= 4 is 21.7 Å². The number of carbonyl (C=O) groups excluding carboxylic acids is 2. The van der Waals surface area contributed by atoms with E-state index < -0.39 is 15.9 Å². The van der Waals surface area contributed by atoms with E-state index in [1.165, 1.54) is 19.1 Å². The van der Waals surface area contributed by atoms with Crippen LogP contribution in [0.4, 0.5) is 4.79 Å². The summed E-state index contributed by atoms with van der Waals surface area (Å²) in [6, 6.07) is 2.77. The SMILES string of the molecule is CCONC(=O)Oc1ccc2c(c1C)S(=O)(=O)CCC2=O. The van der Waals surface area contributed by atoms with Crippen LogP contribution >= 0.6 is 0 Å². The predicted molar refractivity (Wildman–Crippen MR) is 73.0 cm³/mol. The van der Waals surface area contributed by atoms with Crippen LogP contribution < -0.4 is 10.2 Å². The van der Waals surface area contributed by atoms with Gasteiger partial charge in [0.1, 0.15) is 5.75 Å². The van der Waals surface area contributed by atoms with Gasteiger partial charge in [-0.05, 0) is 26.0 Å². The van der Waals surface area contributed by atoms with E-state index in [9.17, 15) is 18.0 Å². The molecule has 1 aromatic rings. The number of amides is 1. The van der Waals surface area contributed by atoms with E-state index in [2.05, 4.69) is 4.84 Å². The molecule has 1 aromatic carbocycles. The molecule has 1 aliphatic rings. The largest absolute Gasteiger partial charge is 0.436 e. The van der Waals surface area contributed by atoms with Crippen LogP contribution in [0.2, 0.25) is 0 Å². The van der Waals surface area contributed by atoms with Gasteiger partial charge in [0.2, 0.25) is 0 Å². The minimum Gasteiger partial charge on any atom is -0.409 e. The third-order valence-electron chi connectivity index (χ3n) is 3.07. The quantitative estimate of drug-likeness (QED) is 0.847. The van der Waals surface area contributed by atoms with E-state index in [0.29, 0.717) is 0 Å². The molecule has 1 N–H and O–H groups in total. The fraction of sp³-hybridized carbons (Fsp3) is 0.385. The minimum absolute atomic E-state index is 0.0280. The first-order valence-corrected chi connectivity index (χ1v) is 8.01. The molecule has 0 saturated carbocycles. The third-order valence-corrected chi connectivity index (χ3v) is 4.96. The third kappa shape index (κ3) is 3.06. The Kier molecular flexibility index (Phi) is 4.29. The fourth-order valence-corrected chi connectivity index (χ4v) is 3.86. The second kappa shape index (κ2) is 5.82. The van der Waals surface area contributed by atoms with E-state index in [-0.39, 0.29) is 46.3 Å². The average molecular weight is 313 g/mol. The molecule has 1 amide bonds. The molecule has 0 aliphatic carbocycles. The Morgan fingerprint density at radius 2 is 2.10 bits per heavy atom. The topological polar surface area (TPSA) is 98.8 Å². The summed E-state index contributed by atoms with van der Waals surface area (Å²) in [6.07, 6.45) is -0.890. The summed E-state index contributed by atoms with van der Waals surface area (Å²) in [5.41, 5.74) is 2.43. The van der Waals surface area contributed by atoms with Crippen molar-refractivity contribution in [1.82, 2.24) is 5.48 Å². The number of hydrogen-bond acceptors (Lipinski definition) is 6. The molecule has 0 aromatic heterocycles. The van der Waals surface area contributed by atoms with E-state index in [1.807, 2.05) is 5.48 Å². The summed E-state index contributed by atoms with van der Waals surface area (Å²) < 4.78 is 29.2.